The summed E-state index contributed by atoms with van der Waals surface area (Å²) in [5, 5.41) is 0. The van der Waals surface area contributed by atoms with Crippen molar-refractivity contribution in [3.8, 4) is 0 Å². The first-order valence-corrected chi connectivity index (χ1v) is 1.66. The largest absolute Gasteiger partial charge is 0.265 e. The van der Waals surface area contributed by atoms with Gasteiger partial charge in [-0.05, 0) is 0 Å². The Kier molecular flexibility index (Phi) is 0.856. The summed E-state index contributed by atoms with van der Waals surface area (Å²) in [5.41, 5.74) is 6.70. The Morgan fingerprint density at radius 3 is 2.86 bits per heavy atom. The molecular formula is C3H2N4. The van der Waals surface area contributed by atoms with Gasteiger partial charge in [0.1, 0.15) is 6.33 Å². The average Bonchev–Trinajstić information content (AvgIpc) is 1.69. The van der Waals surface area contributed by atoms with E-state index in [1.165, 1.54) is 6.33 Å². The number of rotatable bonds is 0. The number of nitrogens with zero attached hydrogens (tertiary/aromatic N) is 3. The molecule has 4 nitrogen and oxygen atoms in total. The fraction of sp³-hybridized carbons (Fsp3) is 0. The summed E-state index contributed by atoms with van der Waals surface area (Å²) < 4.78 is 0. The predicted molar refractivity (Wildman–Crippen MR) is 21.4 cm³/mol. The molecule has 0 aliphatic rings. The lowest BCUT2D eigenvalue weighted by Gasteiger charge is -1.78. The monoisotopic (exact) mass is 94.0 g/mol. The van der Waals surface area contributed by atoms with Crippen LogP contribution in [-0.4, -0.2) is 15.0 Å². The van der Waals surface area contributed by atoms with Crippen molar-refractivity contribution in [2.24, 2.45) is 0 Å². The van der Waals surface area contributed by atoms with Gasteiger partial charge in [-0.1, -0.05) is 0 Å². The summed E-state index contributed by atoms with van der Waals surface area (Å²) in [6.07, 6.45) is 3.44. The zero-order chi connectivity index (χ0) is 5.11. The van der Waals surface area contributed by atoms with Crippen molar-refractivity contribution in [3.63, 3.8) is 0 Å². The van der Waals surface area contributed by atoms with Gasteiger partial charge in [-0.2, -0.15) is 9.97 Å². The summed E-state index contributed by atoms with van der Waals surface area (Å²) in [6.45, 7) is 0. The molecule has 4 heteroatoms. The van der Waals surface area contributed by atoms with Crippen LogP contribution in [0, 0.1) is 6.33 Å². The Balaban J connectivity index is 3.02. The Morgan fingerprint density at radius 2 is 2.57 bits per heavy atom. The van der Waals surface area contributed by atoms with Crippen molar-refractivity contribution >= 4 is 5.95 Å². The lowest BCUT2D eigenvalue weighted by atomic mass is 11.0. The van der Waals surface area contributed by atoms with Crippen LogP contribution in [0.1, 0.15) is 0 Å². The van der Waals surface area contributed by atoms with E-state index in [2.05, 4.69) is 21.3 Å². The van der Waals surface area contributed by atoms with Crippen molar-refractivity contribution in [2.45, 2.75) is 0 Å². The van der Waals surface area contributed by atoms with Crippen molar-refractivity contribution in [1.29, 1.82) is 0 Å². The Hall–Kier alpha value is -1.19. The molecule has 1 N–H and O–H groups in total. The molecule has 0 fully saturated rings. The van der Waals surface area contributed by atoms with Gasteiger partial charge in [-0.15, -0.1) is 0 Å². The lowest BCUT2D eigenvalue weighted by molar-refractivity contribution is 1.01. The van der Waals surface area contributed by atoms with Crippen LogP contribution < -0.4 is 5.73 Å². The molecule has 1 aromatic rings. The Labute approximate surface area is 40.4 Å². The molecule has 1 aromatic heterocycles. The third-order valence-corrected chi connectivity index (χ3v) is 0.451. The molecule has 0 unspecified atom stereocenters. The molecule has 34 valence electrons. The highest BCUT2D eigenvalue weighted by Crippen LogP contribution is 1.80. The highest BCUT2D eigenvalue weighted by atomic mass is 15.0. The second-order valence-electron chi connectivity index (χ2n) is 0.909. The molecule has 7 heavy (non-hydrogen) atoms. The smallest absolute Gasteiger partial charge is 0.245 e. The zero-order valence-corrected chi connectivity index (χ0v) is 3.42. The van der Waals surface area contributed by atoms with Crippen LogP contribution in [-0.2, 0) is 0 Å². The lowest BCUT2D eigenvalue weighted by Crippen LogP contribution is -1.82. The molecule has 0 spiro atoms. The van der Waals surface area contributed by atoms with Gasteiger partial charge >= 0.3 is 0 Å². The van der Waals surface area contributed by atoms with Gasteiger partial charge in [-0.3, -0.25) is 5.73 Å². The first kappa shape index (κ1) is 3.98. The minimum atomic E-state index is -0.0463. The van der Waals surface area contributed by atoms with E-state index in [-0.39, 0.29) is 5.95 Å². The number of aromatic nitrogens is 3. The van der Waals surface area contributed by atoms with Gasteiger partial charge < -0.3 is 0 Å². The fourth-order valence-electron chi connectivity index (χ4n) is 0.214. The van der Waals surface area contributed by atoms with E-state index >= 15 is 0 Å². The number of hydrogen-bond acceptors (Lipinski definition) is 3. The maximum Gasteiger partial charge on any atom is 0.245 e. The van der Waals surface area contributed by atoms with Crippen LogP contribution >= 0.6 is 0 Å². The van der Waals surface area contributed by atoms with Gasteiger partial charge in [0, 0.05) is 0 Å². The second kappa shape index (κ2) is 1.51. The van der Waals surface area contributed by atoms with E-state index in [0.29, 0.717) is 0 Å². The Morgan fingerprint density at radius 1 is 1.71 bits per heavy atom. The van der Waals surface area contributed by atoms with E-state index in [9.17, 15) is 0 Å². The maximum absolute atomic E-state index is 6.70. The number of hydrogen-bond donors (Lipinski definition) is 0. The molecule has 1 heterocycles. The van der Waals surface area contributed by atoms with Crippen LogP contribution in [0.3, 0.4) is 0 Å². The molecule has 0 saturated heterocycles. The molecule has 0 aromatic carbocycles. The maximum atomic E-state index is 6.70. The molecule has 1 rings (SSSR count). The summed E-state index contributed by atoms with van der Waals surface area (Å²) >= 11 is 0. The van der Waals surface area contributed by atoms with Crippen LogP contribution in [0.4, 0.5) is 5.95 Å². The van der Waals surface area contributed by atoms with Crippen LogP contribution in [0.25, 0.3) is 0 Å². The van der Waals surface area contributed by atoms with Crippen LogP contribution in [0.2, 0.25) is 0 Å². The number of nitrogens with one attached hydrogen (secondary N) is 1. The standard InChI is InChI=1S/C3H2N4/c4-3-6-1-5-2-7-3/h1,4H. The molecule has 0 aliphatic heterocycles. The minimum Gasteiger partial charge on any atom is -0.265 e. The van der Waals surface area contributed by atoms with E-state index in [1.807, 2.05) is 0 Å². The summed E-state index contributed by atoms with van der Waals surface area (Å²) in [5.74, 6) is -0.0463. The third-order valence-electron chi connectivity index (χ3n) is 0.451. The van der Waals surface area contributed by atoms with Crippen LogP contribution in [0.15, 0.2) is 6.33 Å². The van der Waals surface area contributed by atoms with E-state index in [1.54, 1.807) is 0 Å². The van der Waals surface area contributed by atoms with Gasteiger partial charge in [0.25, 0.3) is 0 Å². The van der Waals surface area contributed by atoms with Gasteiger partial charge in [0.05, 0.1) is 0 Å². The highest BCUT2D eigenvalue weighted by molar-refractivity contribution is 5.01. The van der Waals surface area contributed by atoms with Crippen molar-refractivity contribution in [3.05, 3.63) is 12.7 Å². The third kappa shape index (κ3) is 0.819. The van der Waals surface area contributed by atoms with E-state index in [0.717, 1.165) is 0 Å². The average molecular weight is 94.1 g/mol. The SMILES string of the molecule is [NH]c1n[c]ncn1. The summed E-state index contributed by atoms with van der Waals surface area (Å²) in [6, 6.07) is 0. The summed E-state index contributed by atoms with van der Waals surface area (Å²) in [4.78, 5) is 10.1. The van der Waals surface area contributed by atoms with Gasteiger partial charge in [0.2, 0.25) is 12.3 Å². The first-order chi connectivity index (χ1) is 3.39. The first-order valence-electron chi connectivity index (χ1n) is 1.66. The zero-order valence-electron chi connectivity index (χ0n) is 3.42. The second-order valence-corrected chi connectivity index (χ2v) is 0.909. The molecule has 0 bridgehead atoms. The van der Waals surface area contributed by atoms with Crippen LogP contribution in [0.5, 0.6) is 0 Å². The molecule has 0 amide bonds. The van der Waals surface area contributed by atoms with Gasteiger partial charge in [0.15, 0.2) is 0 Å². The van der Waals surface area contributed by atoms with E-state index in [4.69, 9.17) is 5.73 Å². The van der Waals surface area contributed by atoms with E-state index < -0.39 is 0 Å². The molecular weight excluding hydrogens is 92.1 g/mol. The molecule has 0 saturated carbocycles. The molecule has 2 radical (unpaired) electrons. The van der Waals surface area contributed by atoms with Gasteiger partial charge in [-0.25, -0.2) is 4.98 Å². The normalized spacial score (nSPS) is 8.57. The summed E-state index contributed by atoms with van der Waals surface area (Å²) in [7, 11) is 0. The Bertz CT molecular complexity index is 137. The highest BCUT2D eigenvalue weighted by Gasteiger charge is 1.78. The molecule has 0 atom stereocenters. The quantitative estimate of drug-likeness (QED) is 0.439. The van der Waals surface area contributed by atoms with Crippen molar-refractivity contribution in [2.75, 3.05) is 0 Å². The minimum absolute atomic E-state index is 0.0463. The molecule has 0 aliphatic carbocycles. The predicted octanol–water partition coefficient (Wildman–Crippen LogP) is -0.414. The van der Waals surface area contributed by atoms with Crippen molar-refractivity contribution in [1.82, 2.24) is 20.7 Å². The topological polar surface area (TPSA) is 62.5 Å². The fourth-order valence-corrected chi connectivity index (χ4v) is 0.214. The van der Waals surface area contributed by atoms with Crippen molar-refractivity contribution < 1.29 is 0 Å².